The van der Waals surface area contributed by atoms with Crippen molar-refractivity contribution in [2.45, 2.75) is 59.4 Å². The molecule has 0 saturated heterocycles. The summed E-state index contributed by atoms with van der Waals surface area (Å²) >= 11 is 0. The van der Waals surface area contributed by atoms with Gasteiger partial charge in [0.25, 0.3) is 5.95 Å². The van der Waals surface area contributed by atoms with Crippen LogP contribution in [0.25, 0.3) is 0 Å². The average molecular weight is 395 g/mol. The second-order valence-corrected chi connectivity index (χ2v) is 7.59. The molecule has 2 aromatic heterocycles. The summed E-state index contributed by atoms with van der Waals surface area (Å²) in [6.07, 6.45) is 4.11. The lowest BCUT2D eigenvalue weighted by Gasteiger charge is -2.13. The van der Waals surface area contributed by atoms with Crippen LogP contribution in [0.15, 0.2) is 6.07 Å². The lowest BCUT2D eigenvalue weighted by molar-refractivity contribution is -0.116. The lowest BCUT2D eigenvalue weighted by atomic mass is 9.93. The van der Waals surface area contributed by atoms with Gasteiger partial charge in [-0.2, -0.15) is 10.3 Å². The van der Waals surface area contributed by atoms with Crippen LogP contribution in [0.1, 0.15) is 52.0 Å². The lowest BCUT2D eigenvalue weighted by Crippen LogP contribution is -2.16. The van der Waals surface area contributed by atoms with E-state index in [1.165, 1.54) is 16.7 Å². The molecule has 1 amide bonds. The molecule has 1 aliphatic rings. The standard InChI is InChI=1S/C20H25N7O2/c1-11-9-14(15-5-4-6-16(15)19(11)29)10-17-12(2)24-27(13(17)3)8-7-18(28)21-20-22-25-26-23-20/h9,29H,4-8,10H2,1-3H3,(H2,21,22,23,25,26,28). The molecule has 1 aliphatic carbocycles. The number of nitrogens with one attached hydrogen (secondary N) is 2. The number of fused-ring (bicyclic) bond motifs is 1. The zero-order chi connectivity index (χ0) is 20.5. The van der Waals surface area contributed by atoms with Gasteiger partial charge >= 0.3 is 0 Å². The Morgan fingerprint density at radius 2 is 2.07 bits per heavy atom. The summed E-state index contributed by atoms with van der Waals surface area (Å²) in [6.45, 7) is 6.48. The number of aromatic hydroxyl groups is 1. The number of aromatic nitrogens is 6. The Labute approximate surface area is 168 Å². The maximum atomic E-state index is 12.1. The highest BCUT2D eigenvalue weighted by molar-refractivity contribution is 5.88. The Hall–Kier alpha value is -3.23. The molecule has 4 rings (SSSR count). The molecule has 3 aromatic rings. The van der Waals surface area contributed by atoms with Gasteiger partial charge in [-0.05, 0) is 67.5 Å². The van der Waals surface area contributed by atoms with E-state index in [2.05, 4.69) is 37.1 Å². The third-order valence-corrected chi connectivity index (χ3v) is 5.70. The highest BCUT2D eigenvalue weighted by atomic mass is 16.3. The first-order chi connectivity index (χ1) is 13.9. The van der Waals surface area contributed by atoms with E-state index < -0.39 is 0 Å². The number of benzene rings is 1. The van der Waals surface area contributed by atoms with Gasteiger partial charge in [-0.1, -0.05) is 11.2 Å². The number of rotatable bonds is 6. The van der Waals surface area contributed by atoms with Crippen molar-refractivity contribution in [3.63, 3.8) is 0 Å². The fraction of sp³-hybridized carbons (Fsp3) is 0.450. The number of anilines is 1. The molecule has 0 aliphatic heterocycles. The van der Waals surface area contributed by atoms with E-state index in [1.807, 2.05) is 25.5 Å². The molecule has 29 heavy (non-hydrogen) atoms. The van der Waals surface area contributed by atoms with Crippen molar-refractivity contribution in [1.29, 1.82) is 0 Å². The third-order valence-electron chi connectivity index (χ3n) is 5.70. The topological polar surface area (TPSA) is 122 Å². The predicted octanol–water partition coefficient (Wildman–Crippen LogP) is 2.14. The van der Waals surface area contributed by atoms with Crippen molar-refractivity contribution >= 4 is 11.9 Å². The van der Waals surface area contributed by atoms with Gasteiger partial charge in [0.2, 0.25) is 5.91 Å². The van der Waals surface area contributed by atoms with Gasteiger partial charge in [0, 0.05) is 30.6 Å². The van der Waals surface area contributed by atoms with Crippen LogP contribution in [0, 0.1) is 20.8 Å². The van der Waals surface area contributed by atoms with Gasteiger partial charge in [0.15, 0.2) is 0 Å². The number of tetrazole rings is 1. The van der Waals surface area contributed by atoms with E-state index in [0.29, 0.717) is 12.3 Å². The molecule has 0 unspecified atom stereocenters. The number of carbonyl (C=O) groups excluding carboxylic acids is 1. The van der Waals surface area contributed by atoms with Gasteiger partial charge in [0.05, 0.1) is 5.69 Å². The quantitative estimate of drug-likeness (QED) is 0.588. The van der Waals surface area contributed by atoms with Gasteiger partial charge < -0.3 is 5.11 Å². The summed E-state index contributed by atoms with van der Waals surface area (Å²) in [5, 5.41) is 30.8. The van der Waals surface area contributed by atoms with Gasteiger partial charge in [-0.15, -0.1) is 5.10 Å². The monoisotopic (exact) mass is 395 g/mol. The molecule has 9 nitrogen and oxygen atoms in total. The number of phenols is 1. The van der Waals surface area contributed by atoms with E-state index in [4.69, 9.17) is 0 Å². The Kier molecular flexibility index (Phi) is 5.04. The minimum atomic E-state index is -0.188. The maximum Gasteiger partial charge on any atom is 0.269 e. The molecule has 0 atom stereocenters. The van der Waals surface area contributed by atoms with E-state index in [9.17, 15) is 9.90 Å². The molecular weight excluding hydrogens is 370 g/mol. The molecule has 0 saturated carbocycles. The minimum Gasteiger partial charge on any atom is -0.507 e. The van der Waals surface area contributed by atoms with Crippen LogP contribution in [0.4, 0.5) is 5.95 Å². The zero-order valence-electron chi connectivity index (χ0n) is 16.9. The Morgan fingerprint density at radius 1 is 1.28 bits per heavy atom. The second-order valence-electron chi connectivity index (χ2n) is 7.59. The van der Waals surface area contributed by atoms with Crippen molar-refractivity contribution < 1.29 is 9.90 Å². The number of aromatic amines is 1. The van der Waals surface area contributed by atoms with Crippen molar-refractivity contribution in [3.8, 4) is 5.75 Å². The first kappa shape index (κ1) is 19.1. The third kappa shape index (κ3) is 3.72. The number of amides is 1. The molecule has 1 aromatic carbocycles. The smallest absolute Gasteiger partial charge is 0.269 e. The largest absolute Gasteiger partial charge is 0.507 e. The van der Waals surface area contributed by atoms with E-state index >= 15 is 0 Å². The first-order valence-electron chi connectivity index (χ1n) is 9.83. The second kappa shape index (κ2) is 7.65. The molecule has 9 heteroatoms. The van der Waals surface area contributed by atoms with Gasteiger partial charge in [-0.3, -0.25) is 14.8 Å². The molecular formula is C20H25N7O2. The number of hydrogen-bond donors (Lipinski definition) is 3. The molecule has 0 radical (unpaired) electrons. The summed E-state index contributed by atoms with van der Waals surface area (Å²) in [5.41, 5.74) is 7.82. The van der Waals surface area contributed by atoms with Crippen LogP contribution < -0.4 is 5.32 Å². The number of carbonyl (C=O) groups is 1. The van der Waals surface area contributed by atoms with Gasteiger partial charge in [0.1, 0.15) is 5.75 Å². The Balaban J connectivity index is 1.50. The molecule has 2 heterocycles. The molecule has 0 bridgehead atoms. The van der Waals surface area contributed by atoms with Crippen molar-refractivity contribution in [1.82, 2.24) is 30.4 Å². The molecule has 152 valence electrons. The minimum absolute atomic E-state index is 0.167. The normalized spacial score (nSPS) is 12.9. The zero-order valence-corrected chi connectivity index (χ0v) is 16.9. The fourth-order valence-corrected chi connectivity index (χ4v) is 4.18. The Morgan fingerprint density at radius 3 is 2.83 bits per heavy atom. The summed E-state index contributed by atoms with van der Waals surface area (Å²) in [7, 11) is 0. The summed E-state index contributed by atoms with van der Waals surface area (Å²) < 4.78 is 1.88. The van der Waals surface area contributed by atoms with Crippen LogP contribution in [0.2, 0.25) is 0 Å². The highest BCUT2D eigenvalue weighted by Crippen LogP contribution is 2.36. The fourth-order valence-electron chi connectivity index (χ4n) is 4.18. The van der Waals surface area contributed by atoms with Crippen LogP contribution in [0.5, 0.6) is 5.75 Å². The first-order valence-corrected chi connectivity index (χ1v) is 9.83. The number of hydrogen-bond acceptors (Lipinski definition) is 6. The number of H-pyrrole nitrogens is 1. The van der Waals surface area contributed by atoms with E-state index in [1.54, 1.807) is 0 Å². The Bertz CT molecular complexity index is 1050. The average Bonchev–Trinajstić information content (AvgIpc) is 3.42. The van der Waals surface area contributed by atoms with Crippen LogP contribution in [-0.2, 0) is 30.6 Å². The van der Waals surface area contributed by atoms with Crippen LogP contribution in [0.3, 0.4) is 0 Å². The summed E-state index contributed by atoms with van der Waals surface area (Å²) in [6, 6.07) is 2.11. The number of aryl methyl sites for hydroxylation is 3. The number of nitrogens with zero attached hydrogens (tertiary/aromatic N) is 5. The van der Waals surface area contributed by atoms with E-state index in [0.717, 1.165) is 48.2 Å². The predicted molar refractivity (Wildman–Crippen MR) is 107 cm³/mol. The SMILES string of the molecule is Cc1cc(Cc2c(C)nn(CCC(=O)Nc3nn[nH]n3)c2C)c2c(c1O)CCC2. The maximum absolute atomic E-state index is 12.1. The number of phenolic OH excluding ortho intramolecular Hbond substituents is 1. The highest BCUT2D eigenvalue weighted by Gasteiger charge is 2.22. The molecule has 0 spiro atoms. The van der Waals surface area contributed by atoms with Crippen molar-refractivity contribution in [3.05, 3.63) is 45.3 Å². The summed E-state index contributed by atoms with van der Waals surface area (Å²) in [4.78, 5) is 12.1. The summed E-state index contributed by atoms with van der Waals surface area (Å²) in [5.74, 6) is 0.436. The van der Waals surface area contributed by atoms with Crippen LogP contribution in [-0.4, -0.2) is 41.4 Å². The molecule has 0 fully saturated rings. The molecule has 3 N–H and O–H groups in total. The van der Waals surface area contributed by atoms with Gasteiger partial charge in [-0.25, -0.2) is 0 Å². The van der Waals surface area contributed by atoms with Crippen molar-refractivity contribution in [2.75, 3.05) is 5.32 Å². The van der Waals surface area contributed by atoms with Crippen LogP contribution >= 0.6 is 0 Å². The van der Waals surface area contributed by atoms with Crippen molar-refractivity contribution in [2.24, 2.45) is 0 Å². The van der Waals surface area contributed by atoms with E-state index in [-0.39, 0.29) is 18.3 Å².